The van der Waals surface area contributed by atoms with Crippen LogP contribution in [0, 0.1) is 5.82 Å². The van der Waals surface area contributed by atoms with Crippen LogP contribution in [0.25, 0.3) is 0 Å². The summed E-state index contributed by atoms with van der Waals surface area (Å²) in [5, 5.41) is 0. The highest BCUT2D eigenvalue weighted by atomic mass is 35.5. The molecule has 0 aliphatic heterocycles. The van der Waals surface area contributed by atoms with Gasteiger partial charge in [-0.25, -0.2) is 17.5 Å². The first-order chi connectivity index (χ1) is 9.97. The SMILES string of the molecule is O=S(=O)(NCCCOc1ccc(F)cc1)c1ccc(Cl)s1. The zero-order chi connectivity index (χ0) is 15.3. The highest BCUT2D eigenvalue weighted by molar-refractivity contribution is 7.91. The first-order valence-electron chi connectivity index (χ1n) is 6.11. The second-order valence-electron chi connectivity index (χ2n) is 4.11. The van der Waals surface area contributed by atoms with E-state index in [1.807, 2.05) is 0 Å². The molecule has 8 heteroatoms. The largest absolute Gasteiger partial charge is 0.494 e. The van der Waals surface area contributed by atoms with Crippen LogP contribution in [0.4, 0.5) is 4.39 Å². The molecule has 0 spiro atoms. The van der Waals surface area contributed by atoms with Crippen molar-refractivity contribution >= 4 is 33.0 Å². The molecule has 2 rings (SSSR count). The lowest BCUT2D eigenvalue weighted by atomic mass is 10.3. The van der Waals surface area contributed by atoms with Crippen LogP contribution < -0.4 is 9.46 Å². The van der Waals surface area contributed by atoms with Gasteiger partial charge in [-0.3, -0.25) is 0 Å². The molecule has 1 aromatic heterocycles. The van der Waals surface area contributed by atoms with E-state index < -0.39 is 10.0 Å². The second kappa shape index (κ2) is 7.22. The molecule has 1 heterocycles. The maximum Gasteiger partial charge on any atom is 0.250 e. The second-order valence-corrected chi connectivity index (χ2v) is 7.82. The number of ether oxygens (including phenoxy) is 1. The summed E-state index contributed by atoms with van der Waals surface area (Å²) in [5.41, 5.74) is 0. The average Bonchev–Trinajstić information content (AvgIpc) is 2.88. The lowest BCUT2D eigenvalue weighted by Crippen LogP contribution is -2.25. The van der Waals surface area contributed by atoms with Crippen molar-refractivity contribution in [2.45, 2.75) is 10.6 Å². The van der Waals surface area contributed by atoms with E-state index in [0.717, 1.165) is 11.3 Å². The predicted molar refractivity (Wildman–Crippen MR) is 81.0 cm³/mol. The van der Waals surface area contributed by atoms with Crippen LogP contribution in [-0.4, -0.2) is 21.6 Å². The van der Waals surface area contributed by atoms with E-state index in [0.29, 0.717) is 23.1 Å². The third-order valence-electron chi connectivity index (χ3n) is 2.51. The lowest BCUT2D eigenvalue weighted by molar-refractivity contribution is 0.311. The van der Waals surface area contributed by atoms with Gasteiger partial charge in [0.15, 0.2) is 0 Å². The molecule has 0 saturated carbocycles. The molecule has 21 heavy (non-hydrogen) atoms. The van der Waals surface area contributed by atoms with Gasteiger partial charge in [-0.15, -0.1) is 11.3 Å². The average molecular weight is 350 g/mol. The Bertz CT molecular complexity index is 686. The Balaban J connectivity index is 1.73. The number of sulfonamides is 1. The molecule has 0 atom stereocenters. The molecule has 114 valence electrons. The fourth-order valence-corrected chi connectivity index (χ4v) is 4.11. The minimum atomic E-state index is -3.51. The molecular formula is C13H13ClFNO3S2. The molecule has 4 nitrogen and oxygen atoms in total. The van der Waals surface area contributed by atoms with Crippen LogP contribution in [-0.2, 0) is 10.0 Å². The van der Waals surface area contributed by atoms with Crippen LogP contribution in [0.5, 0.6) is 5.75 Å². The highest BCUT2D eigenvalue weighted by Crippen LogP contribution is 2.25. The van der Waals surface area contributed by atoms with Crippen molar-refractivity contribution in [1.82, 2.24) is 4.72 Å². The number of halogens is 2. The van der Waals surface area contributed by atoms with Gasteiger partial charge >= 0.3 is 0 Å². The molecule has 0 bridgehead atoms. The molecule has 0 saturated heterocycles. The van der Waals surface area contributed by atoms with Crippen LogP contribution in [0.2, 0.25) is 4.34 Å². The van der Waals surface area contributed by atoms with Crippen LogP contribution in [0.3, 0.4) is 0 Å². The van der Waals surface area contributed by atoms with Gasteiger partial charge in [0.25, 0.3) is 0 Å². The Kier molecular flexibility index (Phi) is 5.58. The van der Waals surface area contributed by atoms with Crippen LogP contribution in [0.1, 0.15) is 6.42 Å². The molecule has 1 aromatic carbocycles. The van der Waals surface area contributed by atoms with E-state index in [1.165, 1.54) is 30.3 Å². The summed E-state index contributed by atoms with van der Waals surface area (Å²) in [6.07, 6.45) is 0.496. The molecular weight excluding hydrogens is 337 g/mol. The molecule has 0 aliphatic carbocycles. The van der Waals surface area contributed by atoms with Crippen molar-refractivity contribution in [3.63, 3.8) is 0 Å². The van der Waals surface area contributed by atoms with E-state index >= 15 is 0 Å². The van der Waals surface area contributed by atoms with Gasteiger partial charge in [0.2, 0.25) is 10.0 Å². The first-order valence-corrected chi connectivity index (χ1v) is 8.78. The summed E-state index contributed by atoms with van der Waals surface area (Å²) in [4.78, 5) is 0. The van der Waals surface area contributed by atoms with Crippen molar-refractivity contribution in [1.29, 1.82) is 0 Å². The van der Waals surface area contributed by atoms with Crippen molar-refractivity contribution in [2.75, 3.05) is 13.2 Å². The Morgan fingerprint density at radius 2 is 1.90 bits per heavy atom. The van der Waals surface area contributed by atoms with E-state index in [4.69, 9.17) is 16.3 Å². The highest BCUT2D eigenvalue weighted by Gasteiger charge is 2.15. The van der Waals surface area contributed by atoms with Crippen LogP contribution >= 0.6 is 22.9 Å². The van der Waals surface area contributed by atoms with Crippen molar-refractivity contribution < 1.29 is 17.5 Å². The maximum absolute atomic E-state index is 12.7. The maximum atomic E-state index is 12.7. The van der Waals surface area contributed by atoms with E-state index in [1.54, 1.807) is 6.07 Å². The minimum absolute atomic E-state index is 0.187. The molecule has 0 aliphatic rings. The normalized spacial score (nSPS) is 11.5. The number of benzene rings is 1. The number of hydrogen-bond donors (Lipinski definition) is 1. The zero-order valence-electron chi connectivity index (χ0n) is 10.9. The van der Waals surface area contributed by atoms with E-state index in [2.05, 4.69) is 4.72 Å². The lowest BCUT2D eigenvalue weighted by Gasteiger charge is -2.07. The third-order valence-corrected chi connectivity index (χ3v) is 5.69. The number of hydrogen-bond acceptors (Lipinski definition) is 4. The first kappa shape index (κ1) is 16.2. The summed E-state index contributed by atoms with van der Waals surface area (Å²) in [6.45, 7) is 0.582. The third kappa shape index (κ3) is 4.96. The molecule has 0 fully saturated rings. The summed E-state index contributed by atoms with van der Waals surface area (Å²) >= 11 is 6.71. The predicted octanol–water partition coefficient (Wildman–Crippen LogP) is 3.29. The Morgan fingerprint density at radius 3 is 2.52 bits per heavy atom. The van der Waals surface area contributed by atoms with Gasteiger partial charge in [-0.1, -0.05) is 11.6 Å². The van der Waals surface area contributed by atoms with E-state index in [-0.39, 0.29) is 16.6 Å². The van der Waals surface area contributed by atoms with Gasteiger partial charge in [-0.2, -0.15) is 0 Å². The zero-order valence-corrected chi connectivity index (χ0v) is 13.3. The molecule has 0 unspecified atom stereocenters. The van der Waals surface area contributed by atoms with Crippen molar-refractivity contribution in [3.8, 4) is 5.75 Å². The van der Waals surface area contributed by atoms with Gasteiger partial charge in [0.05, 0.1) is 10.9 Å². The quantitative estimate of drug-likeness (QED) is 0.780. The number of nitrogens with one attached hydrogen (secondary N) is 1. The monoisotopic (exact) mass is 349 g/mol. The van der Waals surface area contributed by atoms with Gasteiger partial charge in [0, 0.05) is 6.54 Å². The standard InChI is InChI=1S/C13H13ClFNO3S2/c14-12-6-7-13(20-12)21(17,18)16-8-1-9-19-11-4-2-10(15)3-5-11/h2-7,16H,1,8-9H2. The molecule has 2 aromatic rings. The Hall–Kier alpha value is -1.15. The van der Waals surface area contributed by atoms with Gasteiger partial charge in [-0.05, 0) is 42.8 Å². The summed E-state index contributed by atoms with van der Waals surface area (Å²) in [6, 6.07) is 8.65. The topological polar surface area (TPSA) is 55.4 Å². The summed E-state index contributed by atoms with van der Waals surface area (Å²) in [5.74, 6) is 0.217. The number of rotatable bonds is 7. The van der Waals surface area contributed by atoms with Gasteiger partial charge < -0.3 is 4.74 Å². The van der Waals surface area contributed by atoms with Crippen LogP contribution in [0.15, 0.2) is 40.6 Å². The summed E-state index contributed by atoms with van der Waals surface area (Å²) < 4.78 is 44.9. The molecule has 1 N–H and O–H groups in total. The number of thiophene rings is 1. The van der Waals surface area contributed by atoms with Crippen molar-refractivity contribution in [3.05, 3.63) is 46.6 Å². The smallest absolute Gasteiger partial charge is 0.250 e. The van der Waals surface area contributed by atoms with E-state index in [9.17, 15) is 12.8 Å². The molecule has 0 amide bonds. The fourth-order valence-electron chi connectivity index (χ4n) is 1.51. The Morgan fingerprint density at radius 1 is 1.19 bits per heavy atom. The van der Waals surface area contributed by atoms with Gasteiger partial charge in [0.1, 0.15) is 15.8 Å². The molecule has 0 radical (unpaired) electrons. The Labute approximate surface area is 131 Å². The minimum Gasteiger partial charge on any atom is -0.494 e. The summed E-state index contributed by atoms with van der Waals surface area (Å²) in [7, 11) is -3.51. The van der Waals surface area contributed by atoms with Crippen molar-refractivity contribution in [2.24, 2.45) is 0 Å². The fraction of sp³-hybridized carbons (Fsp3) is 0.231.